The van der Waals surface area contributed by atoms with Crippen LogP contribution in [0, 0.1) is 6.42 Å². The molecule has 0 aliphatic heterocycles. The summed E-state index contributed by atoms with van der Waals surface area (Å²) >= 11 is 0. The molecule has 0 aromatic heterocycles. The smallest absolute Gasteiger partial charge is 0.115 e. The predicted octanol–water partition coefficient (Wildman–Crippen LogP) is 4.75. The minimum Gasteiger partial charge on any atom is -0.494 e. The van der Waals surface area contributed by atoms with Crippen LogP contribution in [0.3, 0.4) is 0 Å². The molecule has 0 amide bonds. The quantitative estimate of drug-likeness (QED) is 0.762. The minimum atomic E-state index is 0.716. The van der Waals surface area contributed by atoms with Gasteiger partial charge in [0, 0.05) is 0 Å². The van der Waals surface area contributed by atoms with Gasteiger partial charge in [0.15, 0.2) is 0 Å². The largest absolute Gasteiger partial charge is 0.494 e. The predicted molar refractivity (Wildman–Crippen MR) is 80.6 cm³/mol. The van der Waals surface area contributed by atoms with E-state index in [1.54, 1.807) is 0 Å². The normalized spacial score (nSPS) is 15.0. The summed E-state index contributed by atoms with van der Waals surface area (Å²) in [5.41, 5.74) is 2.50. The summed E-state index contributed by atoms with van der Waals surface area (Å²) in [6.07, 6.45) is 7.42. The van der Waals surface area contributed by atoms with Gasteiger partial charge in [-0.2, -0.15) is 0 Å². The van der Waals surface area contributed by atoms with Crippen molar-refractivity contribution in [2.45, 2.75) is 13.3 Å². The number of ether oxygens (including phenoxy) is 1. The van der Waals surface area contributed by atoms with Gasteiger partial charge in [0.25, 0.3) is 0 Å². The second-order valence-electron chi connectivity index (χ2n) is 4.64. The number of hydrogen-bond donors (Lipinski definition) is 0. The van der Waals surface area contributed by atoms with Crippen LogP contribution in [0.1, 0.15) is 18.9 Å². The molecule has 2 aromatic rings. The van der Waals surface area contributed by atoms with Gasteiger partial charge in [0.2, 0.25) is 0 Å². The zero-order chi connectivity index (χ0) is 13.1. The van der Waals surface area contributed by atoms with Gasteiger partial charge in [-0.25, -0.2) is 0 Å². The van der Waals surface area contributed by atoms with E-state index in [0.29, 0.717) is 6.61 Å². The summed E-state index contributed by atoms with van der Waals surface area (Å²) in [6.45, 7) is 2.73. The van der Waals surface area contributed by atoms with Gasteiger partial charge >= 0.3 is 0 Å². The third kappa shape index (κ3) is 2.55. The summed E-state index contributed by atoms with van der Waals surface area (Å²) in [5.74, 6) is 0.980. The Balaban J connectivity index is 1.97. The Morgan fingerprint density at radius 3 is 2.74 bits per heavy atom. The summed E-state index contributed by atoms with van der Waals surface area (Å²) in [6, 6.07) is 15.1. The zero-order valence-corrected chi connectivity index (χ0v) is 11.1. The highest BCUT2D eigenvalue weighted by Crippen LogP contribution is 2.28. The summed E-state index contributed by atoms with van der Waals surface area (Å²) in [7, 11) is 0. The maximum atomic E-state index is 5.59. The van der Waals surface area contributed by atoms with Gasteiger partial charge in [0.1, 0.15) is 5.76 Å². The Morgan fingerprint density at radius 2 is 1.89 bits per heavy atom. The highest BCUT2D eigenvalue weighted by molar-refractivity contribution is 5.88. The highest BCUT2D eigenvalue weighted by Gasteiger charge is 2.09. The zero-order valence-electron chi connectivity index (χ0n) is 11.1. The summed E-state index contributed by atoms with van der Waals surface area (Å²) < 4.78 is 5.59. The molecule has 0 unspecified atom stereocenters. The maximum Gasteiger partial charge on any atom is 0.115 e. The molecule has 1 aliphatic carbocycles. The van der Waals surface area contributed by atoms with E-state index in [1.165, 1.54) is 21.9 Å². The molecule has 0 heterocycles. The maximum absolute atomic E-state index is 5.59. The lowest BCUT2D eigenvalue weighted by Crippen LogP contribution is -1.97. The van der Waals surface area contributed by atoms with Crippen molar-refractivity contribution >= 4 is 16.3 Å². The number of rotatable bonds is 3. The lowest BCUT2D eigenvalue weighted by atomic mass is 9.95. The monoisotopic (exact) mass is 249 g/mol. The number of allylic oxidation sites excluding steroid dienone is 3. The van der Waals surface area contributed by atoms with E-state index in [4.69, 9.17) is 4.74 Å². The van der Waals surface area contributed by atoms with Crippen LogP contribution in [0.25, 0.3) is 16.3 Å². The van der Waals surface area contributed by atoms with Crippen LogP contribution in [-0.4, -0.2) is 6.61 Å². The summed E-state index contributed by atoms with van der Waals surface area (Å²) in [5, 5.41) is 2.56. The second kappa shape index (κ2) is 5.31. The van der Waals surface area contributed by atoms with Crippen molar-refractivity contribution < 1.29 is 4.74 Å². The third-order valence-corrected chi connectivity index (χ3v) is 3.35. The van der Waals surface area contributed by atoms with E-state index in [2.05, 4.69) is 61.0 Å². The van der Waals surface area contributed by atoms with E-state index in [9.17, 15) is 0 Å². The molecule has 0 saturated carbocycles. The Hall–Kier alpha value is -2.02. The van der Waals surface area contributed by atoms with Crippen LogP contribution in [0.2, 0.25) is 0 Å². The Morgan fingerprint density at radius 1 is 1.05 bits per heavy atom. The van der Waals surface area contributed by atoms with Crippen LogP contribution in [0.15, 0.2) is 60.4 Å². The van der Waals surface area contributed by atoms with Gasteiger partial charge in [-0.1, -0.05) is 36.4 Å². The molecule has 0 fully saturated rings. The first kappa shape index (κ1) is 12.0. The molecule has 3 rings (SSSR count). The van der Waals surface area contributed by atoms with E-state index in [1.807, 2.05) is 6.92 Å². The average molecular weight is 249 g/mol. The Bertz CT molecular complexity index is 650. The average Bonchev–Trinajstić information content (AvgIpc) is 2.47. The van der Waals surface area contributed by atoms with Gasteiger partial charge in [0.05, 0.1) is 6.61 Å². The molecule has 0 N–H and O–H groups in total. The van der Waals surface area contributed by atoms with Crippen LogP contribution in [0.4, 0.5) is 0 Å². The summed E-state index contributed by atoms with van der Waals surface area (Å²) in [4.78, 5) is 0. The first-order valence-electron chi connectivity index (χ1n) is 6.74. The van der Waals surface area contributed by atoms with Gasteiger partial charge in [-0.05, 0) is 59.9 Å². The van der Waals surface area contributed by atoms with Crippen molar-refractivity contribution in [3.8, 4) is 0 Å². The number of hydrogen-bond acceptors (Lipinski definition) is 1. The van der Waals surface area contributed by atoms with Crippen LogP contribution < -0.4 is 0 Å². The van der Waals surface area contributed by atoms with Gasteiger partial charge < -0.3 is 4.74 Å². The van der Waals surface area contributed by atoms with Crippen molar-refractivity contribution in [3.05, 3.63) is 72.4 Å². The van der Waals surface area contributed by atoms with Crippen molar-refractivity contribution in [2.75, 3.05) is 6.61 Å². The van der Waals surface area contributed by atoms with Gasteiger partial charge in [-0.3, -0.25) is 0 Å². The van der Waals surface area contributed by atoms with Crippen molar-refractivity contribution in [3.63, 3.8) is 0 Å². The Labute approximate surface area is 114 Å². The van der Waals surface area contributed by atoms with E-state index in [0.717, 1.165) is 12.2 Å². The third-order valence-electron chi connectivity index (χ3n) is 3.35. The molecule has 1 radical (unpaired) electrons. The molecular weight excluding hydrogens is 232 g/mol. The molecule has 2 aromatic carbocycles. The second-order valence-corrected chi connectivity index (χ2v) is 4.64. The minimum absolute atomic E-state index is 0.716. The first-order chi connectivity index (χ1) is 9.36. The molecule has 95 valence electrons. The highest BCUT2D eigenvalue weighted by atomic mass is 16.5. The lowest BCUT2D eigenvalue weighted by Gasteiger charge is -2.14. The lowest BCUT2D eigenvalue weighted by molar-refractivity contribution is 0.241. The fourth-order valence-corrected chi connectivity index (χ4v) is 2.41. The topological polar surface area (TPSA) is 9.23 Å². The molecule has 1 nitrogen and oxygen atoms in total. The fourth-order valence-electron chi connectivity index (χ4n) is 2.41. The van der Waals surface area contributed by atoms with Crippen LogP contribution in [-0.2, 0) is 4.74 Å². The molecule has 0 atom stereocenters. The molecule has 0 spiro atoms. The molecule has 1 heteroatoms. The van der Waals surface area contributed by atoms with E-state index >= 15 is 0 Å². The van der Waals surface area contributed by atoms with Crippen LogP contribution in [0.5, 0.6) is 0 Å². The van der Waals surface area contributed by atoms with Gasteiger partial charge in [-0.15, -0.1) is 0 Å². The molecule has 19 heavy (non-hydrogen) atoms. The van der Waals surface area contributed by atoms with Crippen molar-refractivity contribution in [1.29, 1.82) is 0 Å². The number of benzene rings is 2. The van der Waals surface area contributed by atoms with Crippen molar-refractivity contribution in [1.82, 2.24) is 0 Å². The van der Waals surface area contributed by atoms with Crippen LogP contribution >= 0.6 is 0 Å². The molecule has 0 bridgehead atoms. The number of fused-ring (bicyclic) bond motifs is 1. The van der Waals surface area contributed by atoms with E-state index < -0.39 is 0 Å². The molecule has 1 aliphatic rings. The molecular formula is C18H17O. The fraction of sp³-hybridized carbons (Fsp3) is 0.167. The standard InChI is InChI=1S/C18H17O/c1-2-19-18-9-5-8-16(13-18)17-11-10-14-6-3-4-7-15(14)12-17/h3-4,6-13H,2,5H2,1H3. The Kier molecular flexibility index (Phi) is 3.37. The van der Waals surface area contributed by atoms with E-state index in [-0.39, 0.29) is 0 Å². The molecule has 0 saturated heterocycles. The first-order valence-corrected chi connectivity index (χ1v) is 6.74. The SMILES string of the molecule is CCOC1=CC[CH]C(c2ccc3ccccc3c2)=C1. The van der Waals surface area contributed by atoms with Crippen molar-refractivity contribution in [2.24, 2.45) is 0 Å².